The second-order valence-electron chi connectivity index (χ2n) is 4.62. The number of halogens is 1. The molecule has 0 N–H and O–H groups in total. The normalized spacial score (nSPS) is 10.1. The summed E-state index contributed by atoms with van der Waals surface area (Å²) in [6.45, 7) is 0. The Hall–Kier alpha value is -2.33. The summed E-state index contributed by atoms with van der Waals surface area (Å²) in [5, 5.41) is 0.588. The summed E-state index contributed by atoms with van der Waals surface area (Å²) in [5.41, 5.74) is 1.43. The van der Waals surface area contributed by atoms with E-state index in [1.54, 1.807) is 48.5 Å². The molecule has 4 nitrogen and oxygen atoms in total. The number of esters is 2. The van der Waals surface area contributed by atoms with Crippen molar-refractivity contribution in [1.29, 1.82) is 0 Å². The summed E-state index contributed by atoms with van der Waals surface area (Å²) in [6.07, 6.45) is 0.786. The lowest BCUT2D eigenvalue weighted by Gasteiger charge is -2.05. The van der Waals surface area contributed by atoms with Crippen molar-refractivity contribution in [2.24, 2.45) is 0 Å². The molecule has 0 saturated heterocycles. The van der Waals surface area contributed by atoms with Crippen LogP contribution in [0.25, 0.3) is 0 Å². The SMILES string of the molecule is COC(=O)c1ccc(CCC(=O)Oc2ccc(Cl)cc2)cc1. The first kappa shape index (κ1) is 16.0. The Morgan fingerprint density at radius 2 is 1.64 bits per heavy atom. The molecule has 0 amide bonds. The van der Waals surface area contributed by atoms with Crippen LogP contribution in [0.4, 0.5) is 0 Å². The molecule has 0 aliphatic rings. The number of rotatable bonds is 5. The maximum Gasteiger partial charge on any atom is 0.337 e. The highest BCUT2D eigenvalue weighted by atomic mass is 35.5. The molecule has 22 heavy (non-hydrogen) atoms. The minimum atomic E-state index is -0.381. The molecule has 0 aliphatic heterocycles. The van der Waals surface area contributed by atoms with E-state index >= 15 is 0 Å². The van der Waals surface area contributed by atoms with Gasteiger partial charge in [0.15, 0.2) is 0 Å². The van der Waals surface area contributed by atoms with E-state index in [1.165, 1.54) is 7.11 Å². The Balaban J connectivity index is 1.85. The van der Waals surface area contributed by atoms with Crippen molar-refractivity contribution in [1.82, 2.24) is 0 Å². The van der Waals surface area contributed by atoms with E-state index in [0.717, 1.165) is 5.56 Å². The van der Waals surface area contributed by atoms with Crippen LogP contribution in [0.2, 0.25) is 5.02 Å². The van der Waals surface area contributed by atoms with Gasteiger partial charge in [0, 0.05) is 11.4 Å². The number of benzene rings is 2. The highest BCUT2D eigenvalue weighted by molar-refractivity contribution is 6.30. The van der Waals surface area contributed by atoms with Gasteiger partial charge < -0.3 is 9.47 Å². The van der Waals surface area contributed by atoms with Crippen LogP contribution >= 0.6 is 11.6 Å². The molecule has 0 spiro atoms. The van der Waals surface area contributed by atoms with E-state index in [4.69, 9.17) is 16.3 Å². The zero-order valence-electron chi connectivity index (χ0n) is 12.0. The average Bonchev–Trinajstić information content (AvgIpc) is 2.55. The van der Waals surface area contributed by atoms with E-state index in [0.29, 0.717) is 22.8 Å². The molecule has 2 aromatic rings. The smallest absolute Gasteiger partial charge is 0.337 e. The Morgan fingerprint density at radius 3 is 2.23 bits per heavy atom. The number of hydrogen-bond acceptors (Lipinski definition) is 4. The highest BCUT2D eigenvalue weighted by Gasteiger charge is 2.07. The van der Waals surface area contributed by atoms with Gasteiger partial charge in [-0.05, 0) is 48.4 Å². The molecule has 2 rings (SSSR count). The fourth-order valence-electron chi connectivity index (χ4n) is 1.86. The van der Waals surface area contributed by atoms with Gasteiger partial charge in [0.25, 0.3) is 0 Å². The van der Waals surface area contributed by atoms with E-state index in [2.05, 4.69) is 4.74 Å². The van der Waals surface area contributed by atoms with Crippen LogP contribution in [0, 0.1) is 0 Å². The van der Waals surface area contributed by atoms with Crippen molar-refractivity contribution in [2.75, 3.05) is 7.11 Å². The lowest BCUT2D eigenvalue weighted by molar-refractivity contribution is -0.134. The molecule has 0 bridgehead atoms. The van der Waals surface area contributed by atoms with Crippen LogP contribution in [0.15, 0.2) is 48.5 Å². The van der Waals surface area contributed by atoms with Gasteiger partial charge in [0.05, 0.1) is 12.7 Å². The van der Waals surface area contributed by atoms with Crippen molar-refractivity contribution in [2.45, 2.75) is 12.8 Å². The zero-order valence-corrected chi connectivity index (χ0v) is 12.8. The first-order valence-corrected chi connectivity index (χ1v) is 7.10. The van der Waals surface area contributed by atoms with E-state index in [9.17, 15) is 9.59 Å². The zero-order chi connectivity index (χ0) is 15.9. The Bertz CT molecular complexity index is 647. The Kier molecular flexibility index (Phi) is 5.55. The maximum absolute atomic E-state index is 11.8. The molecule has 0 aromatic heterocycles. The summed E-state index contributed by atoms with van der Waals surface area (Å²) in [4.78, 5) is 23.1. The van der Waals surface area contributed by atoms with Gasteiger partial charge in [-0.2, -0.15) is 0 Å². The van der Waals surface area contributed by atoms with Crippen molar-refractivity contribution >= 4 is 23.5 Å². The van der Waals surface area contributed by atoms with E-state index in [-0.39, 0.29) is 18.4 Å². The van der Waals surface area contributed by atoms with Crippen LogP contribution in [0.1, 0.15) is 22.3 Å². The number of carbonyl (C=O) groups excluding carboxylic acids is 2. The molecule has 0 saturated carbocycles. The molecule has 0 unspecified atom stereocenters. The first-order chi connectivity index (χ1) is 10.6. The number of hydrogen-bond donors (Lipinski definition) is 0. The van der Waals surface area contributed by atoms with E-state index in [1.807, 2.05) is 0 Å². The highest BCUT2D eigenvalue weighted by Crippen LogP contribution is 2.16. The van der Waals surface area contributed by atoms with Gasteiger partial charge in [0.2, 0.25) is 0 Å². The summed E-state index contributed by atoms with van der Waals surface area (Å²) in [6, 6.07) is 13.5. The number of aryl methyl sites for hydroxylation is 1. The van der Waals surface area contributed by atoms with Crippen LogP contribution in [0.3, 0.4) is 0 Å². The summed E-state index contributed by atoms with van der Waals surface area (Å²) >= 11 is 5.76. The summed E-state index contributed by atoms with van der Waals surface area (Å²) in [5.74, 6) is -0.233. The fourth-order valence-corrected chi connectivity index (χ4v) is 1.98. The topological polar surface area (TPSA) is 52.6 Å². The van der Waals surface area contributed by atoms with Crippen molar-refractivity contribution < 1.29 is 19.1 Å². The monoisotopic (exact) mass is 318 g/mol. The molecule has 5 heteroatoms. The predicted molar refractivity (Wildman–Crippen MR) is 83.2 cm³/mol. The van der Waals surface area contributed by atoms with Crippen molar-refractivity contribution in [3.8, 4) is 5.75 Å². The quantitative estimate of drug-likeness (QED) is 0.623. The molecular formula is C17H15ClO4. The van der Waals surface area contributed by atoms with Gasteiger partial charge in [-0.25, -0.2) is 4.79 Å². The van der Waals surface area contributed by atoms with E-state index < -0.39 is 0 Å². The maximum atomic E-state index is 11.8. The lowest BCUT2D eigenvalue weighted by atomic mass is 10.1. The molecule has 0 atom stereocenters. The summed E-state index contributed by atoms with van der Waals surface area (Å²) in [7, 11) is 1.34. The fraction of sp³-hybridized carbons (Fsp3) is 0.176. The summed E-state index contributed by atoms with van der Waals surface area (Å²) < 4.78 is 9.83. The van der Waals surface area contributed by atoms with Gasteiger partial charge >= 0.3 is 11.9 Å². The van der Waals surface area contributed by atoms with Gasteiger partial charge in [-0.1, -0.05) is 23.7 Å². The average molecular weight is 319 g/mol. The molecule has 114 valence electrons. The molecule has 2 aromatic carbocycles. The third-order valence-corrected chi connectivity index (χ3v) is 3.29. The molecule has 0 fully saturated rings. The van der Waals surface area contributed by atoms with Crippen molar-refractivity contribution in [3.05, 3.63) is 64.7 Å². The Labute approximate surface area is 133 Å². The largest absolute Gasteiger partial charge is 0.465 e. The molecule has 0 aliphatic carbocycles. The second kappa shape index (κ2) is 7.61. The third kappa shape index (κ3) is 4.60. The van der Waals surface area contributed by atoms with Crippen molar-refractivity contribution in [3.63, 3.8) is 0 Å². The molecular weight excluding hydrogens is 304 g/mol. The number of carbonyl (C=O) groups is 2. The molecule has 0 radical (unpaired) electrons. The van der Waals surface area contributed by atoms with Gasteiger partial charge in [-0.15, -0.1) is 0 Å². The van der Waals surface area contributed by atoms with Crippen LogP contribution in [0.5, 0.6) is 5.75 Å². The number of ether oxygens (including phenoxy) is 2. The minimum absolute atomic E-state index is 0.250. The van der Waals surface area contributed by atoms with Crippen LogP contribution in [-0.4, -0.2) is 19.0 Å². The van der Waals surface area contributed by atoms with Crippen LogP contribution < -0.4 is 4.74 Å². The van der Waals surface area contributed by atoms with Crippen LogP contribution in [-0.2, 0) is 16.0 Å². The standard InChI is InChI=1S/C17H15ClO4/c1-21-17(20)13-5-2-12(3-6-13)4-11-16(19)22-15-9-7-14(18)8-10-15/h2-3,5-10H,4,11H2,1H3. The Morgan fingerprint density at radius 1 is 1.00 bits per heavy atom. The van der Waals surface area contributed by atoms with Gasteiger partial charge in [-0.3, -0.25) is 4.79 Å². The number of methoxy groups -OCH3 is 1. The first-order valence-electron chi connectivity index (χ1n) is 6.72. The predicted octanol–water partition coefficient (Wildman–Crippen LogP) is 3.66. The third-order valence-electron chi connectivity index (χ3n) is 3.04. The van der Waals surface area contributed by atoms with Gasteiger partial charge in [0.1, 0.15) is 5.75 Å². The lowest BCUT2D eigenvalue weighted by Crippen LogP contribution is -2.09. The second-order valence-corrected chi connectivity index (χ2v) is 5.05. The minimum Gasteiger partial charge on any atom is -0.465 e. The molecule has 0 heterocycles.